The molecule has 2 aromatic rings. The molecule has 0 spiro atoms. The molecule has 3 nitrogen and oxygen atoms in total. The molecule has 0 amide bonds. The molecule has 3 rings (SSSR count). The molecule has 0 radical (unpaired) electrons. The van der Waals surface area contributed by atoms with Crippen LogP contribution in [0.4, 0.5) is 11.4 Å². The molecule has 0 saturated carbocycles. The number of rotatable bonds is 7. The minimum atomic E-state index is 0.408. The molecule has 1 heterocycles. The third-order valence-corrected chi connectivity index (χ3v) is 5.63. The highest BCUT2D eigenvalue weighted by atomic mass is 16.5. The predicted molar refractivity (Wildman–Crippen MR) is 112 cm³/mol. The van der Waals surface area contributed by atoms with Crippen molar-refractivity contribution in [2.45, 2.75) is 47.0 Å². The van der Waals surface area contributed by atoms with E-state index >= 15 is 0 Å². The van der Waals surface area contributed by atoms with E-state index in [2.05, 4.69) is 80.8 Å². The smallest absolute Gasteiger partial charge is 0.133 e. The summed E-state index contributed by atoms with van der Waals surface area (Å²) in [6.45, 7) is 15.1. The third-order valence-electron chi connectivity index (χ3n) is 5.63. The molecule has 2 aromatic carbocycles. The minimum Gasteiger partial charge on any atom is -0.457 e. The molecule has 0 N–H and O–H groups in total. The summed E-state index contributed by atoms with van der Waals surface area (Å²) in [4.78, 5) is 4.73. The molecule has 0 aromatic heterocycles. The van der Waals surface area contributed by atoms with Gasteiger partial charge in [-0.15, -0.1) is 0 Å². The number of nitrogens with zero attached hydrogens (tertiary/aromatic N) is 2. The van der Waals surface area contributed by atoms with Gasteiger partial charge in [0.2, 0.25) is 0 Å². The van der Waals surface area contributed by atoms with Gasteiger partial charge in [0.25, 0.3) is 0 Å². The van der Waals surface area contributed by atoms with Crippen molar-refractivity contribution in [3.63, 3.8) is 0 Å². The topological polar surface area (TPSA) is 15.7 Å². The summed E-state index contributed by atoms with van der Waals surface area (Å²) in [6.07, 6.45) is 1.08. The Morgan fingerprint density at radius 3 is 1.46 bits per heavy atom. The number of hydrogen-bond donors (Lipinski definition) is 0. The number of hydrogen-bond acceptors (Lipinski definition) is 3. The molecule has 26 heavy (non-hydrogen) atoms. The SMILES string of the molecule is CCC1c2ccc(N(CC)CC)cc2Oc2cc(N(CC)CC)ccc21. The monoisotopic (exact) mass is 352 g/mol. The van der Waals surface area contributed by atoms with Crippen molar-refractivity contribution in [3.05, 3.63) is 47.5 Å². The zero-order chi connectivity index (χ0) is 18.7. The maximum Gasteiger partial charge on any atom is 0.133 e. The van der Waals surface area contributed by atoms with Crippen LogP contribution in [0.5, 0.6) is 11.5 Å². The van der Waals surface area contributed by atoms with Crippen LogP contribution in [-0.4, -0.2) is 26.2 Å². The van der Waals surface area contributed by atoms with Gasteiger partial charge in [0, 0.05) is 66.7 Å². The van der Waals surface area contributed by atoms with Crippen molar-refractivity contribution in [1.82, 2.24) is 0 Å². The predicted octanol–water partition coefficient (Wildman–Crippen LogP) is 6.03. The zero-order valence-corrected chi connectivity index (χ0v) is 16.9. The van der Waals surface area contributed by atoms with E-state index < -0.39 is 0 Å². The molecule has 0 bridgehead atoms. The highest BCUT2D eigenvalue weighted by Gasteiger charge is 2.27. The molecule has 0 atom stereocenters. The fraction of sp³-hybridized carbons (Fsp3) is 0.478. The standard InChI is InChI=1S/C23H32N2O/c1-6-19-20-13-11-17(24(7-2)8-3)15-22(20)26-23-16-18(12-14-21(19)23)25(9-4)10-5/h11-16,19H,6-10H2,1-5H3. The van der Waals surface area contributed by atoms with Gasteiger partial charge in [-0.05, 0) is 46.2 Å². The second kappa shape index (κ2) is 8.03. The summed E-state index contributed by atoms with van der Waals surface area (Å²) in [5.41, 5.74) is 5.11. The molecule has 1 aliphatic rings. The van der Waals surface area contributed by atoms with Gasteiger partial charge in [-0.2, -0.15) is 0 Å². The van der Waals surface area contributed by atoms with Gasteiger partial charge in [-0.3, -0.25) is 0 Å². The van der Waals surface area contributed by atoms with Crippen LogP contribution in [0.25, 0.3) is 0 Å². The van der Waals surface area contributed by atoms with Gasteiger partial charge < -0.3 is 14.5 Å². The van der Waals surface area contributed by atoms with E-state index in [-0.39, 0.29) is 0 Å². The Morgan fingerprint density at radius 1 is 0.692 bits per heavy atom. The average molecular weight is 353 g/mol. The molecule has 3 heteroatoms. The fourth-order valence-electron chi connectivity index (χ4n) is 4.10. The van der Waals surface area contributed by atoms with Gasteiger partial charge in [0.1, 0.15) is 11.5 Å². The Bertz CT molecular complexity index is 686. The maximum absolute atomic E-state index is 6.42. The first-order valence-corrected chi connectivity index (χ1v) is 10.1. The first kappa shape index (κ1) is 18.6. The number of anilines is 2. The summed E-state index contributed by atoms with van der Waals surface area (Å²) < 4.78 is 6.42. The van der Waals surface area contributed by atoms with E-state index in [4.69, 9.17) is 4.74 Å². The minimum absolute atomic E-state index is 0.408. The molecular formula is C23H32N2O. The highest BCUT2D eigenvalue weighted by Crippen LogP contribution is 2.47. The summed E-state index contributed by atoms with van der Waals surface area (Å²) in [6, 6.07) is 13.5. The van der Waals surface area contributed by atoms with Crippen molar-refractivity contribution in [2.24, 2.45) is 0 Å². The first-order chi connectivity index (χ1) is 12.7. The lowest BCUT2D eigenvalue weighted by molar-refractivity contribution is 0.443. The first-order valence-electron chi connectivity index (χ1n) is 10.1. The van der Waals surface area contributed by atoms with Crippen LogP contribution in [0, 0.1) is 0 Å². The van der Waals surface area contributed by atoms with Gasteiger partial charge >= 0.3 is 0 Å². The summed E-state index contributed by atoms with van der Waals surface area (Å²) in [5, 5.41) is 0. The van der Waals surface area contributed by atoms with E-state index in [1.54, 1.807) is 0 Å². The van der Waals surface area contributed by atoms with E-state index in [1.807, 2.05) is 0 Å². The summed E-state index contributed by atoms with van der Waals surface area (Å²) >= 11 is 0. The molecule has 0 unspecified atom stereocenters. The van der Waals surface area contributed by atoms with E-state index in [0.29, 0.717) is 5.92 Å². The largest absolute Gasteiger partial charge is 0.457 e. The molecule has 1 aliphatic heterocycles. The van der Waals surface area contributed by atoms with E-state index in [0.717, 1.165) is 44.1 Å². The Labute approximate surface area is 158 Å². The van der Waals surface area contributed by atoms with Gasteiger partial charge in [0.15, 0.2) is 0 Å². The van der Waals surface area contributed by atoms with Gasteiger partial charge in [-0.25, -0.2) is 0 Å². The summed E-state index contributed by atoms with van der Waals surface area (Å²) in [7, 11) is 0. The highest BCUT2D eigenvalue weighted by molar-refractivity contribution is 5.63. The zero-order valence-electron chi connectivity index (χ0n) is 16.9. The molecule has 0 fully saturated rings. The van der Waals surface area contributed by atoms with Crippen LogP contribution in [0.3, 0.4) is 0 Å². The Morgan fingerprint density at radius 2 is 1.12 bits per heavy atom. The normalized spacial score (nSPS) is 13.0. The molecule has 140 valence electrons. The van der Waals surface area contributed by atoms with Crippen LogP contribution in [0.1, 0.15) is 58.1 Å². The van der Waals surface area contributed by atoms with Crippen molar-refractivity contribution in [1.29, 1.82) is 0 Å². The van der Waals surface area contributed by atoms with Crippen LogP contribution >= 0.6 is 0 Å². The lowest BCUT2D eigenvalue weighted by atomic mass is 9.85. The average Bonchev–Trinajstić information content (AvgIpc) is 2.67. The van der Waals surface area contributed by atoms with Crippen LogP contribution in [0.2, 0.25) is 0 Å². The lowest BCUT2D eigenvalue weighted by Crippen LogP contribution is -2.23. The Kier molecular flexibility index (Phi) is 5.75. The second-order valence-corrected chi connectivity index (χ2v) is 6.85. The lowest BCUT2D eigenvalue weighted by Gasteiger charge is -2.31. The fourth-order valence-corrected chi connectivity index (χ4v) is 4.10. The van der Waals surface area contributed by atoms with Crippen LogP contribution < -0.4 is 14.5 Å². The summed E-state index contributed by atoms with van der Waals surface area (Å²) in [5.74, 6) is 2.45. The second-order valence-electron chi connectivity index (χ2n) is 6.85. The number of ether oxygens (including phenoxy) is 1. The van der Waals surface area contributed by atoms with Crippen molar-refractivity contribution >= 4 is 11.4 Å². The van der Waals surface area contributed by atoms with Crippen LogP contribution in [0.15, 0.2) is 36.4 Å². The molecule has 0 aliphatic carbocycles. The maximum atomic E-state index is 6.42. The quantitative estimate of drug-likeness (QED) is 0.605. The van der Waals surface area contributed by atoms with Crippen molar-refractivity contribution < 1.29 is 4.74 Å². The van der Waals surface area contributed by atoms with Gasteiger partial charge in [0.05, 0.1) is 0 Å². The Hall–Kier alpha value is -2.16. The number of benzene rings is 2. The van der Waals surface area contributed by atoms with E-state index in [1.165, 1.54) is 22.5 Å². The van der Waals surface area contributed by atoms with Crippen molar-refractivity contribution in [3.8, 4) is 11.5 Å². The molecule has 0 saturated heterocycles. The van der Waals surface area contributed by atoms with Crippen molar-refractivity contribution in [2.75, 3.05) is 36.0 Å². The Balaban J connectivity index is 2.02. The number of fused-ring (bicyclic) bond motifs is 2. The van der Waals surface area contributed by atoms with Crippen LogP contribution in [-0.2, 0) is 0 Å². The van der Waals surface area contributed by atoms with E-state index in [9.17, 15) is 0 Å². The molecular weight excluding hydrogens is 320 g/mol. The third kappa shape index (κ3) is 3.27. The van der Waals surface area contributed by atoms with Gasteiger partial charge in [-0.1, -0.05) is 19.1 Å².